The highest BCUT2D eigenvalue weighted by Crippen LogP contribution is 2.16. The molecular formula is C11H24O. The maximum absolute atomic E-state index is 8.69. The number of aliphatic hydroxyl groups is 1. The maximum atomic E-state index is 8.69. The van der Waals surface area contributed by atoms with Crippen LogP contribution in [-0.4, -0.2) is 11.7 Å². The Morgan fingerprint density at radius 1 is 1.00 bits per heavy atom. The largest absolute Gasteiger partial charge is 0.396 e. The average Bonchev–Trinajstić information content (AvgIpc) is 2.04. The van der Waals surface area contributed by atoms with Gasteiger partial charge in [-0.3, -0.25) is 0 Å². The fourth-order valence-corrected chi connectivity index (χ4v) is 1.38. The molecule has 0 amide bonds. The Hall–Kier alpha value is -0.0400. The number of hydrogen-bond donors (Lipinski definition) is 1. The van der Waals surface area contributed by atoms with Crippen molar-refractivity contribution < 1.29 is 5.11 Å². The van der Waals surface area contributed by atoms with Crippen molar-refractivity contribution in [1.82, 2.24) is 0 Å². The van der Waals surface area contributed by atoms with E-state index in [1.165, 1.54) is 25.7 Å². The van der Waals surface area contributed by atoms with Crippen molar-refractivity contribution in [2.45, 2.75) is 52.9 Å². The molecule has 0 aromatic heterocycles. The zero-order valence-electron chi connectivity index (χ0n) is 8.84. The van der Waals surface area contributed by atoms with E-state index in [0.717, 1.165) is 12.3 Å². The highest BCUT2D eigenvalue weighted by Gasteiger charge is 2.03. The Kier molecular flexibility index (Phi) is 7.58. The van der Waals surface area contributed by atoms with Gasteiger partial charge in [0.25, 0.3) is 0 Å². The maximum Gasteiger partial charge on any atom is 0.0433 e. The van der Waals surface area contributed by atoms with Gasteiger partial charge in [-0.1, -0.05) is 46.5 Å². The van der Waals surface area contributed by atoms with Gasteiger partial charge in [-0.15, -0.1) is 0 Å². The molecule has 0 aromatic rings. The van der Waals surface area contributed by atoms with Crippen molar-refractivity contribution >= 4 is 0 Å². The predicted octanol–water partition coefficient (Wildman–Crippen LogP) is 3.22. The van der Waals surface area contributed by atoms with Gasteiger partial charge in [0.15, 0.2) is 0 Å². The Balaban J connectivity index is 3.18. The minimum Gasteiger partial charge on any atom is -0.396 e. The normalized spacial score (nSPS) is 16.0. The molecule has 1 N–H and O–H groups in total. The molecule has 1 nitrogen and oxygen atoms in total. The number of aliphatic hydroxyl groups excluding tert-OH is 1. The molecule has 0 heterocycles. The molecule has 0 saturated carbocycles. The molecule has 0 aliphatic carbocycles. The molecule has 0 bridgehead atoms. The highest BCUT2D eigenvalue weighted by molar-refractivity contribution is 4.55. The van der Waals surface area contributed by atoms with Crippen molar-refractivity contribution in [2.24, 2.45) is 11.8 Å². The van der Waals surface area contributed by atoms with Gasteiger partial charge in [-0.25, -0.2) is 0 Å². The van der Waals surface area contributed by atoms with Crippen LogP contribution >= 0.6 is 0 Å². The SMILES string of the molecule is CC[C@@H](C)CCC[C@H](C)CCO. The van der Waals surface area contributed by atoms with Crippen LogP contribution in [0.25, 0.3) is 0 Å². The molecule has 0 rings (SSSR count). The monoisotopic (exact) mass is 172 g/mol. The van der Waals surface area contributed by atoms with Crippen LogP contribution in [0.4, 0.5) is 0 Å². The van der Waals surface area contributed by atoms with Gasteiger partial charge in [0, 0.05) is 6.61 Å². The second kappa shape index (κ2) is 7.60. The Labute approximate surface area is 77.2 Å². The van der Waals surface area contributed by atoms with E-state index >= 15 is 0 Å². The standard InChI is InChI=1S/C11H24O/c1-4-10(2)6-5-7-11(3)8-9-12/h10-12H,4-9H2,1-3H3/t10-,11+/m1/s1. The molecule has 74 valence electrons. The first-order valence-electron chi connectivity index (χ1n) is 5.31. The van der Waals surface area contributed by atoms with Gasteiger partial charge in [0.1, 0.15) is 0 Å². The van der Waals surface area contributed by atoms with E-state index in [-0.39, 0.29) is 0 Å². The quantitative estimate of drug-likeness (QED) is 0.625. The van der Waals surface area contributed by atoms with Crippen LogP contribution in [0.1, 0.15) is 52.9 Å². The summed E-state index contributed by atoms with van der Waals surface area (Å²) in [7, 11) is 0. The third-order valence-corrected chi connectivity index (χ3v) is 2.71. The molecular weight excluding hydrogens is 148 g/mol. The summed E-state index contributed by atoms with van der Waals surface area (Å²) >= 11 is 0. The van der Waals surface area contributed by atoms with Crippen LogP contribution < -0.4 is 0 Å². The molecule has 1 heteroatoms. The van der Waals surface area contributed by atoms with Gasteiger partial charge in [0.2, 0.25) is 0 Å². The molecule has 0 radical (unpaired) electrons. The summed E-state index contributed by atoms with van der Waals surface area (Å²) in [6, 6.07) is 0. The molecule has 12 heavy (non-hydrogen) atoms. The van der Waals surface area contributed by atoms with Gasteiger partial charge in [-0.2, -0.15) is 0 Å². The van der Waals surface area contributed by atoms with Crippen molar-refractivity contribution in [3.8, 4) is 0 Å². The smallest absolute Gasteiger partial charge is 0.0433 e. The summed E-state index contributed by atoms with van der Waals surface area (Å²) < 4.78 is 0. The minimum atomic E-state index is 0.352. The highest BCUT2D eigenvalue weighted by atomic mass is 16.2. The number of hydrogen-bond acceptors (Lipinski definition) is 1. The zero-order valence-corrected chi connectivity index (χ0v) is 8.84. The summed E-state index contributed by atoms with van der Waals surface area (Å²) in [6.07, 6.45) is 6.24. The van der Waals surface area contributed by atoms with E-state index in [2.05, 4.69) is 20.8 Å². The number of rotatable bonds is 7. The molecule has 0 saturated heterocycles. The van der Waals surface area contributed by atoms with Crippen LogP contribution in [0.3, 0.4) is 0 Å². The van der Waals surface area contributed by atoms with E-state index < -0.39 is 0 Å². The van der Waals surface area contributed by atoms with Gasteiger partial charge in [0.05, 0.1) is 0 Å². The molecule has 0 aliphatic rings. The molecule has 2 atom stereocenters. The van der Waals surface area contributed by atoms with E-state index in [1.807, 2.05) is 0 Å². The molecule has 0 unspecified atom stereocenters. The first-order chi connectivity index (χ1) is 5.70. The fourth-order valence-electron chi connectivity index (χ4n) is 1.38. The van der Waals surface area contributed by atoms with E-state index in [4.69, 9.17) is 5.11 Å². The lowest BCUT2D eigenvalue weighted by molar-refractivity contribution is 0.255. The van der Waals surface area contributed by atoms with Crippen LogP contribution in [0.5, 0.6) is 0 Å². The van der Waals surface area contributed by atoms with E-state index in [9.17, 15) is 0 Å². The summed E-state index contributed by atoms with van der Waals surface area (Å²) in [5.74, 6) is 1.59. The lowest BCUT2D eigenvalue weighted by Gasteiger charge is -2.11. The second-order valence-corrected chi connectivity index (χ2v) is 4.06. The van der Waals surface area contributed by atoms with Gasteiger partial charge in [-0.05, 0) is 18.3 Å². The van der Waals surface area contributed by atoms with E-state index in [0.29, 0.717) is 12.5 Å². The Bertz CT molecular complexity index is 91.0. The topological polar surface area (TPSA) is 20.2 Å². The molecule has 0 spiro atoms. The molecule has 0 aliphatic heterocycles. The third-order valence-electron chi connectivity index (χ3n) is 2.71. The molecule has 0 aromatic carbocycles. The lowest BCUT2D eigenvalue weighted by atomic mass is 9.96. The Morgan fingerprint density at radius 2 is 1.58 bits per heavy atom. The minimum absolute atomic E-state index is 0.352. The van der Waals surface area contributed by atoms with Gasteiger partial charge >= 0.3 is 0 Å². The predicted molar refractivity (Wildman–Crippen MR) is 54.2 cm³/mol. The summed E-state index contributed by atoms with van der Waals surface area (Å²) in [5, 5.41) is 8.69. The van der Waals surface area contributed by atoms with Gasteiger partial charge < -0.3 is 5.11 Å². The fraction of sp³-hybridized carbons (Fsp3) is 1.00. The summed E-state index contributed by atoms with van der Waals surface area (Å²) in [6.45, 7) is 7.15. The van der Waals surface area contributed by atoms with Crippen LogP contribution in [0.15, 0.2) is 0 Å². The van der Waals surface area contributed by atoms with Crippen molar-refractivity contribution in [3.63, 3.8) is 0 Å². The van der Waals surface area contributed by atoms with E-state index in [1.54, 1.807) is 0 Å². The first-order valence-corrected chi connectivity index (χ1v) is 5.31. The summed E-state index contributed by atoms with van der Waals surface area (Å²) in [4.78, 5) is 0. The Morgan fingerprint density at radius 3 is 2.08 bits per heavy atom. The molecule has 0 fully saturated rings. The summed E-state index contributed by atoms with van der Waals surface area (Å²) in [5.41, 5.74) is 0. The third kappa shape index (κ3) is 6.66. The van der Waals surface area contributed by atoms with Crippen LogP contribution in [0, 0.1) is 11.8 Å². The average molecular weight is 172 g/mol. The first kappa shape index (κ1) is 12.0. The zero-order chi connectivity index (χ0) is 9.40. The lowest BCUT2D eigenvalue weighted by Crippen LogP contribution is -1.99. The van der Waals surface area contributed by atoms with Crippen molar-refractivity contribution in [1.29, 1.82) is 0 Å². The second-order valence-electron chi connectivity index (χ2n) is 4.06. The van der Waals surface area contributed by atoms with Crippen molar-refractivity contribution in [2.75, 3.05) is 6.61 Å². The van der Waals surface area contributed by atoms with Crippen LogP contribution in [-0.2, 0) is 0 Å². The van der Waals surface area contributed by atoms with Crippen LogP contribution in [0.2, 0.25) is 0 Å². The van der Waals surface area contributed by atoms with Crippen molar-refractivity contribution in [3.05, 3.63) is 0 Å².